The highest BCUT2D eigenvalue weighted by atomic mass is 14.9. The van der Waals surface area contributed by atoms with Crippen molar-refractivity contribution in [3.63, 3.8) is 0 Å². The first-order chi connectivity index (χ1) is 10.4. The molecule has 0 saturated heterocycles. The van der Waals surface area contributed by atoms with Gasteiger partial charge in [0.25, 0.3) is 0 Å². The van der Waals surface area contributed by atoms with Crippen molar-refractivity contribution < 1.29 is 0 Å². The third kappa shape index (κ3) is 2.38. The number of pyridine rings is 1. The van der Waals surface area contributed by atoms with Gasteiger partial charge in [-0.25, -0.2) is 0 Å². The molecule has 2 nitrogen and oxygen atoms in total. The van der Waals surface area contributed by atoms with E-state index < -0.39 is 0 Å². The summed E-state index contributed by atoms with van der Waals surface area (Å²) in [7, 11) is 0. The largest absolute Gasteiger partial charge is 0.382 e. The minimum absolute atomic E-state index is 0.578. The number of nitrogens with zero attached hydrogens (tertiary/aromatic N) is 1. The predicted molar refractivity (Wildman–Crippen MR) is 87.6 cm³/mol. The van der Waals surface area contributed by atoms with Crippen molar-refractivity contribution in [2.75, 3.05) is 5.32 Å². The molecule has 1 N–H and O–H groups in total. The van der Waals surface area contributed by atoms with E-state index in [1.807, 2.05) is 12.4 Å². The van der Waals surface area contributed by atoms with Gasteiger partial charge in [-0.15, -0.1) is 0 Å². The molecule has 104 valence electrons. The highest BCUT2D eigenvalue weighted by molar-refractivity contribution is 5.93. The van der Waals surface area contributed by atoms with Crippen LogP contribution < -0.4 is 5.32 Å². The Morgan fingerprint density at radius 2 is 1.76 bits per heavy atom. The summed E-state index contributed by atoms with van der Waals surface area (Å²) in [6, 6.07) is 19.9. The van der Waals surface area contributed by atoms with Gasteiger partial charge in [0.2, 0.25) is 0 Å². The summed E-state index contributed by atoms with van der Waals surface area (Å²) in [4.78, 5) is 4.19. The van der Waals surface area contributed by atoms with Crippen molar-refractivity contribution in [1.29, 1.82) is 0 Å². The summed E-state index contributed by atoms with van der Waals surface area (Å²) in [5.41, 5.74) is 2.70. The Balaban J connectivity index is 1.48. The van der Waals surface area contributed by atoms with Crippen LogP contribution in [0.3, 0.4) is 0 Å². The second-order valence-electron chi connectivity index (χ2n) is 5.82. The van der Waals surface area contributed by atoms with E-state index in [-0.39, 0.29) is 0 Å². The Kier molecular flexibility index (Phi) is 3.07. The quantitative estimate of drug-likeness (QED) is 0.755. The Morgan fingerprint density at radius 3 is 2.62 bits per heavy atom. The normalized spacial score (nSPS) is 21.0. The van der Waals surface area contributed by atoms with Crippen LogP contribution in [-0.4, -0.2) is 11.0 Å². The number of anilines is 1. The predicted octanol–water partition coefficient (Wildman–Crippen LogP) is 4.59. The van der Waals surface area contributed by atoms with Crippen molar-refractivity contribution in [1.82, 2.24) is 4.98 Å². The molecule has 2 aromatic carbocycles. The second kappa shape index (κ2) is 5.21. The van der Waals surface area contributed by atoms with E-state index in [0.717, 1.165) is 0 Å². The maximum absolute atomic E-state index is 4.19. The number of fused-ring (bicyclic) bond motifs is 1. The number of nitrogens with one attached hydrogen (secondary N) is 1. The highest BCUT2D eigenvalue weighted by Crippen LogP contribution is 2.39. The van der Waals surface area contributed by atoms with Crippen LogP contribution in [0.2, 0.25) is 0 Å². The first-order valence-corrected chi connectivity index (χ1v) is 7.54. The Hall–Kier alpha value is -2.35. The van der Waals surface area contributed by atoms with Crippen LogP contribution in [0.25, 0.3) is 10.8 Å². The third-order valence-corrected chi connectivity index (χ3v) is 4.45. The lowest BCUT2D eigenvalue weighted by molar-refractivity contribution is 0.374. The smallest absolute Gasteiger partial charge is 0.0423 e. The van der Waals surface area contributed by atoms with E-state index in [2.05, 4.69) is 64.9 Å². The molecule has 1 fully saturated rings. The van der Waals surface area contributed by atoms with Crippen LogP contribution in [0.15, 0.2) is 67.0 Å². The molecule has 0 radical (unpaired) electrons. The van der Waals surface area contributed by atoms with Crippen LogP contribution in [0.5, 0.6) is 0 Å². The Bertz CT molecular complexity index is 740. The van der Waals surface area contributed by atoms with E-state index in [0.29, 0.717) is 12.0 Å². The van der Waals surface area contributed by atoms with Crippen molar-refractivity contribution in [3.05, 3.63) is 72.6 Å². The summed E-state index contributed by atoms with van der Waals surface area (Å²) < 4.78 is 0. The first-order valence-electron chi connectivity index (χ1n) is 7.54. The molecule has 21 heavy (non-hydrogen) atoms. The molecule has 1 aliphatic carbocycles. The van der Waals surface area contributed by atoms with E-state index in [1.165, 1.54) is 34.9 Å². The van der Waals surface area contributed by atoms with Crippen LogP contribution in [0.4, 0.5) is 5.69 Å². The van der Waals surface area contributed by atoms with Gasteiger partial charge in [-0.2, -0.15) is 0 Å². The summed E-state index contributed by atoms with van der Waals surface area (Å²) in [6.07, 6.45) is 6.21. The lowest BCUT2D eigenvalue weighted by Gasteiger charge is -2.37. The van der Waals surface area contributed by atoms with Crippen LogP contribution in [0.1, 0.15) is 24.3 Å². The summed E-state index contributed by atoms with van der Waals surface area (Å²) >= 11 is 0. The topological polar surface area (TPSA) is 24.9 Å². The molecule has 0 bridgehead atoms. The zero-order valence-electron chi connectivity index (χ0n) is 11.9. The number of rotatable bonds is 3. The fourth-order valence-electron chi connectivity index (χ4n) is 3.20. The maximum Gasteiger partial charge on any atom is 0.0423 e. The molecule has 0 atom stereocenters. The molecule has 0 amide bonds. The SMILES string of the molecule is c1ccc(C2CC(Nc3cccc4cnccc34)C2)cc1. The molecule has 4 rings (SSSR count). The number of aromatic nitrogens is 1. The molecule has 0 spiro atoms. The molecule has 0 aliphatic heterocycles. The van der Waals surface area contributed by atoms with Gasteiger partial charge < -0.3 is 5.32 Å². The maximum atomic E-state index is 4.19. The second-order valence-corrected chi connectivity index (χ2v) is 5.82. The van der Waals surface area contributed by atoms with Crippen molar-refractivity contribution >= 4 is 16.5 Å². The van der Waals surface area contributed by atoms with E-state index in [9.17, 15) is 0 Å². The average Bonchev–Trinajstić information content (AvgIpc) is 2.51. The minimum atomic E-state index is 0.578. The van der Waals surface area contributed by atoms with E-state index in [1.54, 1.807) is 0 Å². The molecule has 1 aromatic heterocycles. The van der Waals surface area contributed by atoms with E-state index >= 15 is 0 Å². The molecule has 2 heteroatoms. The summed E-state index contributed by atoms with van der Waals surface area (Å²) in [5, 5.41) is 6.15. The van der Waals surface area contributed by atoms with Gasteiger partial charge in [-0.05, 0) is 36.5 Å². The molecular formula is C19H18N2. The fourth-order valence-corrected chi connectivity index (χ4v) is 3.20. The number of hydrogen-bond donors (Lipinski definition) is 1. The molecular weight excluding hydrogens is 256 g/mol. The molecule has 1 heterocycles. The number of benzene rings is 2. The summed E-state index contributed by atoms with van der Waals surface area (Å²) in [6.45, 7) is 0. The zero-order valence-corrected chi connectivity index (χ0v) is 11.9. The van der Waals surface area contributed by atoms with Crippen LogP contribution in [-0.2, 0) is 0 Å². The van der Waals surface area contributed by atoms with Gasteiger partial charge in [0, 0.05) is 34.9 Å². The fraction of sp³-hybridized carbons (Fsp3) is 0.211. The van der Waals surface area contributed by atoms with Crippen molar-refractivity contribution in [3.8, 4) is 0 Å². The monoisotopic (exact) mass is 274 g/mol. The lowest BCUT2D eigenvalue weighted by Crippen LogP contribution is -2.34. The lowest BCUT2D eigenvalue weighted by atomic mass is 9.76. The molecule has 0 unspecified atom stereocenters. The van der Waals surface area contributed by atoms with Crippen LogP contribution >= 0.6 is 0 Å². The highest BCUT2D eigenvalue weighted by Gasteiger charge is 2.30. The van der Waals surface area contributed by atoms with Crippen molar-refractivity contribution in [2.45, 2.75) is 24.8 Å². The van der Waals surface area contributed by atoms with Gasteiger partial charge in [0.1, 0.15) is 0 Å². The van der Waals surface area contributed by atoms with Gasteiger partial charge in [-0.1, -0.05) is 42.5 Å². The molecule has 3 aromatic rings. The average molecular weight is 274 g/mol. The first kappa shape index (κ1) is 12.4. The standard InChI is InChI=1S/C19H18N2/c1-2-5-14(6-3-1)16-11-17(12-16)21-19-8-4-7-15-13-20-10-9-18(15)19/h1-10,13,16-17,21H,11-12H2. The third-order valence-electron chi connectivity index (χ3n) is 4.45. The summed E-state index contributed by atoms with van der Waals surface area (Å²) in [5.74, 6) is 0.709. The minimum Gasteiger partial charge on any atom is -0.382 e. The van der Waals surface area contributed by atoms with Gasteiger partial charge in [0.15, 0.2) is 0 Å². The van der Waals surface area contributed by atoms with Crippen molar-refractivity contribution in [2.24, 2.45) is 0 Å². The van der Waals surface area contributed by atoms with Gasteiger partial charge >= 0.3 is 0 Å². The van der Waals surface area contributed by atoms with E-state index in [4.69, 9.17) is 0 Å². The van der Waals surface area contributed by atoms with Crippen LogP contribution in [0, 0.1) is 0 Å². The van der Waals surface area contributed by atoms with Gasteiger partial charge in [0.05, 0.1) is 0 Å². The Labute approximate surface area is 124 Å². The van der Waals surface area contributed by atoms with Gasteiger partial charge in [-0.3, -0.25) is 4.98 Å². The Morgan fingerprint density at radius 1 is 0.905 bits per heavy atom. The number of hydrogen-bond acceptors (Lipinski definition) is 2. The molecule has 1 saturated carbocycles. The zero-order chi connectivity index (χ0) is 14.1. The molecule has 1 aliphatic rings.